The van der Waals surface area contributed by atoms with Crippen LogP contribution >= 0.6 is 12.2 Å². The van der Waals surface area contributed by atoms with Gasteiger partial charge in [-0.05, 0) is 30.7 Å². The van der Waals surface area contributed by atoms with Gasteiger partial charge in [0.15, 0.2) is 0 Å². The van der Waals surface area contributed by atoms with E-state index in [-0.39, 0.29) is 5.91 Å². The van der Waals surface area contributed by atoms with Gasteiger partial charge in [-0.15, -0.1) is 0 Å². The smallest absolute Gasteiger partial charge is 0.224 e. The Bertz CT molecular complexity index is 498. The Morgan fingerprint density at radius 3 is 2.62 bits per heavy atom. The van der Waals surface area contributed by atoms with E-state index in [2.05, 4.69) is 12.2 Å². The molecule has 2 unspecified atom stereocenters. The molecule has 1 aromatic rings. The molecule has 0 heterocycles. The summed E-state index contributed by atoms with van der Waals surface area (Å²) in [5, 5.41) is 3.18. The number of benzene rings is 1. The lowest BCUT2D eigenvalue weighted by Crippen LogP contribution is -2.35. The van der Waals surface area contributed by atoms with Gasteiger partial charge in [0, 0.05) is 11.6 Å². The second-order valence-corrected chi connectivity index (χ2v) is 6.56. The van der Waals surface area contributed by atoms with Crippen LogP contribution in [0.4, 0.5) is 0 Å². The van der Waals surface area contributed by atoms with Crippen molar-refractivity contribution >= 4 is 23.1 Å². The van der Waals surface area contributed by atoms with Crippen LogP contribution in [0.3, 0.4) is 0 Å². The maximum Gasteiger partial charge on any atom is 0.224 e. The summed E-state index contributed by atoms with van der Waals surface area (Å²) in [6.07, 6.45) is 6.35. The van der Waals surface area contributed by atoms with Crippen LogP contribution in [0.25, 0.3) is 0 Å². The zero-order chi connectivity index (χ0) is 15.2. The minimum atomic E-state index is 0.109. The van der Waals surface area contributed by atoms with Crippen molar-refractivity contribution < 1.29 is 4.79 Å². The van der Waals surface area contributed by atoms with Gasteiger partial charge in [-0.25, -0.2) is 0 Å². The van der Waals surface area contributed by atoms with Crippen molar-refractivity contribution in [1.29, 1.82) is 0 Å². The first kappa shape index (κ1) is 16.0. The number of rotatable bonds is 4. The number of thiocarbonyl (C=S) groups is 1. The fourth-order valence-corrected chi connectivity index (χ4v) is 3.02. The zero-order valence-corrected chi connectivity index (χ0v) is 13.4. The number of amides is 1. The Morgan fingerprint density at radius 1 is 1.24 bits per heavy atom. The van der Waals surface area contributed by atoms with Crippen LogP contribution in [0.15, 0.2) is 24.3 Å². The highest BCUT2D eigenvalue weighted by Gasteiger charge is 2.17. The van der Waals surface area contributed by atoms with Gasteiger partial charge < -0.3 is 11.1 Å². The normalized spacial score (nSPS) is 22.3. The van der Waals surface area contributed by atoms with Gasteiger partial charge in [0.2, 0.25) is 5.91 Å². The highest BCUT2D eigenvalue weighted by molar-refractivity contribution is 7.80. The van der Waals surface area contributed by atoms with Gasteiger partial charge in [0.1, 0.15) is 4.99 Å². The highest BCUT2D eigenvalue weighted by atomic mass is 32.1. The molecule has 2 rings (SSSR count). The Balaban J connectivity index is 1.85. The van der Waals surface area contributed by atoms with Gasteiger partial charge in [-0.2, -0.15) is 0 Å². The average molecular weight is 304 g/mol. The first-order chi connectivity index (χ1) is 10.0. The summed E-state index contributed by atoms with van der Waals surface area (Å²) in [7, 11) is 0. The molecule has 2 atom stereocenters. The molecule has 1 fully saturated rings. The molecule has 1 amide bonds. The second-order valence-electron chi connectivity index (χ2n) is 6.12. The molecule has 0 aromatic heterocycles. The van der Waals surface area contributed by atoms with Crippen LogP contribution in [0.1, 0.15) is 50.2 Å². The van der Waals surface area contributed by atoms with Crippen LogP contribution in [-0.2, 0) is 11.2 Å². The van der Waals surface area contributed by atoms with E-state index >= 15 is 0 Å². The molecular formula is C17H24N2OS. The largest absolute Gasteiger partial charge is 0.389 e. The summed E-state index contributed by atoms with van der Waals surface area (Å²) < 4.78 is 0. The summed E-state index contributed by atoms with van der Waals surface area (Å²) in [6.45, 7) is 2.30. The highest BCUT2D eigenvalue weighted by Crippen LogP contribution is 2.22. The monoisotopic (exact) mass is 304 g/mol. The third-order valence-corrected chi connectivity index (χ3v) is 4.46. The SMILES string of the molecule is CC1CCCC(NC(=O)Cc2ccc(C(N)=S)cc2)CC1. The quantitative estimate of drug-likeness (QED) is 0.664. The van der Waals surface area contributed by atoms with E-state index in [9.17, 15) is 4.79 Å². The number of carbonyl (C=O) groups is 1. The van der Waals surface area contributed by atoms with E-state index < -0.39 is 0 Å². The molecule has 0 saturated heterocycles. The van der Waals surface area contributed by atoms with Crippen molar-refractivity contribution in [3.63, 3.8) is 0 Å². The molecular weight excluding hydrogens is 280 g/mol. The Labute approximate surface area is 132 Å². The fraction of sp³-hybridized carbons (Fsp3) is 0.529. The predicted octanol–water partition coefficient (Wildman–Crippen LogP) is 2.95. The maximum absolute atomic E-state index is 12.1. The van der Waals surface area contributed by atoms with E-state index in [1.54, 1.807) is 0 Å². The van der Waals surface area contributed by atoms with Crippen molar-refractivity contribution in [2.75, 3.05) is 0 Å². The lowest BCUT2D eigenvalue weighted by Gasteiger charge is -2.16. The van der Waals surface area contributed by atoms with Crippen molar-refractivity contribution in [3.8, 4) is 0 Å². The van der Waals surface area contributed by atoms with E-state index in [1.807, 2.05) is 24.3 Å². The number of carbonyl (C=O) groups excluding carboxylic acids is 1. The molecule has 1 aliphatic carbocycles. The molecule has 0 spiro atoms. The third-order valence-electron chi connectivity index (χ3n) is 4.23. The molecule has 3 N–H and O–H groups in total. The van der Waals surface area contributed by atoms with E-state index in [1.165, 1.54) is 19.3 Å². The van der Waals surface area contributed by atoms with Crippen LogP contribution in [0.2, 0.25) is 0 Å². The fourth-order valence-electron chi connectivity index (χ4n) is 2.88. The van der Waals surface area contributed by atoms with E-state index in [0.29, 0.717) is 17.5 Å². The molecule has 1 aromatic carbocycles. The molecule has 0 radical (unpaired) electrons. The minimum absolute atomic E-state index is 0.109. The summed E-state index contributed by atoms with van der Waals surface area (Å²) in [5.41, 5.74) is 7.40. The van der Waals surface area contributed by atoms with Crippen LogP contribution < -0.4 is 11.1 Å². The zero-order valence-electron chi connectivity index (χ0n) is 12.6. The summed E-state index contributed by atoms with van der Waals surface area (Å²) in [5.74, 6) is 0.900. The number of hydrogen-bond acceptors (Lipinski definition) is 2. The Hall–Kier alpha value is -1.42. The standard InChI is InChI=1S/C17H24N2OS/c1-12-3-2-4-15(10-5-12)19-16(20)11-13-6-8-14(9-7-13)17(18)21/h6-9,12,15H,2-5,10-11H2,1H3,(H2,18,21)(H,19,20). The lowest BCUT2D eigenvalue weighted by molar-refractivity contribution is -0.121. The molecule has 1 saturated carbocycles. The summed E-state index contributed by atoms with van der Waals surface area (Å²) >= 11 is 4.92. The average Bonchev–Trinajstić information content (AvgIpc) is 2.64. The van der Waals surface area contributed by atoms with Gasteiger partial charge in [-0.1, -0.05) is 56.2 Å². The van der Waals surface area contributed by atoms with Gasteiger partial charge >= 0.3 is 0 Å². The van der Waals surface area contributed by atoms with Gasteiger partial charge in [0.25, 0.3) is 0 Å². The van der Waals surface area contributed by atoms with Crippen molar-refractivity contribution in [2.45, 2.75) is 51.5 Å². The van der Waals surface area contributed by atoms with E-state index in [4.69, 9.17) is 18.0 Å². The lowest BCUT2D eigenvalue weighted by atomic mass is 10.0. The molecule has 3 nitrogen and oxygen atoms in total. The third kappa shape index (κ3) is 5.12. The second kappa shape index (κ2) is 7.55. The predicted molar refractivity (Wildman–Crippen MR) is 90.2 cm³/mol. The first-order valence-electron chi connectivity index (χ1n) is 7.72. The molecule has 4 heteroatoms. The van der Waals surface area contributed by atoms with Crippen molar-refractivity contribution in [1.82, 2.24) is 5.32 Å². The van der Waals surface area contributed by atoms with Crippen LogP contribution in [-0.4, -0.2) is 16.9 Å². The number of nitrogens with one attached hydrogen (secondary N) is 1. The molecule has 0 aliphatic heterocycles. The van der Waals surface area contributed by atoms with Gasteiger partial charge in [-0.3, -0.25) is 4.79 Å². The first-order valence-corrected chi connectivity index (χ1v) is 8.13. The van der Waals surface area contributed by atoms with E-state index in [0.717, 1.165) is 29.9 Å². The molecule has 1 aliphatic rings. The van der Waals surface area contributed by atoms with Crippen molar-refractivity contribution in [3.05, 3.63) is 35.4 Å². The number of nitrogens with two attached hydrogens (primary N) is 1. The Kier molecular flexibility index (Phi) is 5.74. The molecule has 114 valence electrons. The maximum atomic E-state index is 12.1. The molecule has 21 heavy (non-hydrogen) atoms. The van der Waals surface area contributed by atoms with Crippen molar-refractivity contribution in [2.24, 2.45) is 11.7 Å². The topological polar surface area (TPSA) is 55.1 Å². The van der Waals surface area contributed by atoms with Crippen LogP contribution in [0, 0.1) is 5.92 Å². The van der Waals surface area contributed by atoms with Crippen LogP contribution in [0.5, 0.6) is 0 Å². The molecule has 0 bridgehead atoms. The summed E-state index contributed by atoms with van der Waals surface area (Å²) in [6, 6.07) is 7.93. The van der Waals surface area contributed by atoms with Gasteiger partial charge in [0.05, 0.1) is 6.42 Å². The Morgan fingerprint density at radius 2 is 1.95 bits per heavy atom. The minimum Gasteiger partial charge on any atom is -0.389 e. The summed E-state index contributed by atoms with van der Waals surface area (Å²) in [4.78, 5) is 12.5. The number of hydrogen-bond donors (Lipinski definition) is 2.